The fraction of sp³-hybridized carbons (Fsp3) is 0.565. The fourth-order valence-electron chi connectivity index (χ4n) is 3.17. The standard InChI is InChI=1S/C23H36N8O6/c1-15(2)20(30-19(33)9-12-37-13-11-27-31-25)22(35)29-18(4-3-10-26-23(24)36)21(34)28-17-7-5-16(14-32)6-8-17/h5-8,15,18,20,32H,3-4,9-14H2,1-2H3,(H,28,34)(H,29,35)(H,30,33)(H3,24,26,36)/t18-,20-/m0/s1. The number of azide groups is 1. The minimum atomic E-state index is -0.957. The molecule has 204 valence electrons. The number of nitrogens with two attached hydrogens (primary N) is 1. The van der Waals surface area contributed by atoms with Crippen LogP contribution in [0.2, 0.25) is 0 Å². The smallest absolute Gasteiger partial charge is 0.312 e. The van der Waals surface area contributed by atoms with Crippen molar-refractivity contribution in [3.05, 3.63) is 40.3 Å². The number of hydrogen-bond donors (Lipinski definition) is 6. The van der Waals surface area contributed by atoms with Gasteiger partial charge in [0.2, 0.25) is 17.7 Å². The van der Waals surface area contributed by atoms with E-state index >= 15 is 0 Å². The molecule has 0 heterocycles. The number of benzene rings is 1. The molecular formula is C23H36N8O6. The van der Waals surface area contributed by atoms with Crippen molar-refractivity contribution < 1.29 is 29.0 Å². The van der Waals surface area contributed by atoms with Crippen LogP contribution >= 0.6 is 0 Å². The molecule has 0 aromatic heterocycles. The number of hydrogen-bond acceptors (Lipinski definition) is 7. The highest BCUT2D eigenvalue weighted by Gasteiger charge is 2.28. The monoisotopic (exact) mass is 520 g/mol. The summed E-state index contributed by atoms with van der Waals surface area (Å²) in [7, 11) is 0. The molecule has 0 radical (unpaired) electrons. The Morgan fingerprint density at radius 1 is 1.11 bits per heavy atom. The Labute approximate surface area is 215 Å². The molecule has 0 spiro atoms. The van der Waals surface area contributed by atoms with E-state index in [1.807, 2.05) is 0 Å². The first kappa shape index (κ1) is 31.2. The van der Waals surface area contributed by atoms with Crippen molar-refractivity contribution in [2.45, 2.75) is 51.8 Å². The number of urea groups is 1. The highest BCUT2D eigenvalue weighted by molar-refractivity contribution is 5.98. The van der Waals surface area contributed by atoms with Crippen LogP contribution in [0, 0.1) is 5.92 Å². The summed E-state index contributed by atoms with van der Waals surface area (Å²) in [5, 5.41) is 23.0. The lowest BCUT2D eigenvalue weighted by atomic mass is 10.0. The second-order valence-corrected chi connectivity index (χ2v) is 8.44. The van der Waals surface area contributed by atoms with E-state index in [4.69, 9.17) is 16.0 Å². The van der Waals surface area contributed by atoms with Crippen LogP contribution in [-0.4, -0.2) is 67.2 Å². The van der Waals surface area contributed by atoms with Gasteiger partial charge in [-0.25, -0.2) is 4.79 Å². The van der Waals surface area contributed by atoms with Gasteiger partial charge in [-0.2, -0.15) is 0 Å². The molecule has 0 aliphatic heterocycles. The third kappa shape index (κ3) is 13.1. The van der Waals surface area contributed by atoms with E-state index in [9.17, 15) is 24.3 Å². The van der Waals surface area contributed by atoms with Crippen molar-refractivity contribution in [2.24, 2.45) is 16.8 Å². The van der Waals surface area contributed by atoms with Crippen molar-refractivity contribution in [2.75, 3.05) is 31.6 Å². The van der Waals surface area contributed by atoms with Crippen LogP contribution in [0.1, 0.15) is 38.7 Å². The first-order valence-corrected chi connectivity index (χ1v) is 11.9. The van der Waals surface area contributed by atoms with E-state index in [1.54, 1.807) is 38.1 Å². The van der Waals surface area contributed by atoms with Gasteiger partial charge in [0.15, 0.2) is 0 Å². The molecule has 0 unspecified atom stereocenters. The van der Waals surface area contributed by atoms with Crippen LogP contribution in [0.25, 0.3) is 10.4 Å². The highest BCUT2D eigenvalue weighted by Crippen LogP contribution is 2.12. The van der Waals surface area contributed by atoms with E-state index in [-0.39, 0.29) is 51.7 Å². The Morgan fingerprint density at radius 2 is 1.81 bits per heavy atom. The second kappa shape index (κ2) is 17.5. The SMILES string of the molecule is CC(C)[C@H](NC(=O)CCOCCN=[N+]=[N-])C(=O)N[C@@H](CCCNC(N)=O)C(=O)Nc1ccc(CO)cc1. The van der Waals surface area contributed by atoms with Gasteiger partial charge in [-0.05, 0) is 42.0 Å². The quantitative estimate of drug-likeness (QED) is 0.0757. The summed E-state index contributed by atoms with van der Waals surface area (Å²) in [6, 6.07) is 4.01. The van der Waals surface area contributed by atoms with Crippen LogP contribution in [0.5, 0.6) is 0 Å². The van der Waals surface area contributed by atoms with E-state index in [1.165, 1.54) is 0 Å². The average Bonchev–Trinajstić information content (AvgIpc) is 2.86. The minimum absolute atomic E-state index is 0.000690. The predicted octanol–water partition coefficient (Wildman–Crippen LogP) is 0.909. The molecule has 7 N–H and O–H groups in total. The van der Waals surface area contributed by atoms with Gasteiger partial charge in [-0.3, -0.25) is 14.4 Å². The Bertz CT molecular complexity index is 934. The van der Waals surface area contributed by atoms with Gasteiger partial charge >= 0.3 is 6.03 Å². The topological polar surface area (TPSA) is 221 Å². The second-order valence-electron chi connectivity index (χ2n) is 8.44. The van der Waals surface area contributed by atoms with Crippen LogP contribution < -0.4 is 27.0 Å². The molecule has 2 atom stereocenters. The number of carbonyl (C=O) groups is 4. The number of nitrogens with zero attached hydrogens (tertiary/aromatic N) is 3. The lowest BCUT2D eigenvalue weighted by Gasteiger charge is -2.25. The van der Waals surface area contributed by atoms with Gasteiger partial charge in [-0.1, -0.05) is 31.1 Å². The zero-order valence-corrected chi connectivity index (χ0v) is 21.1. The Hall–Kier alpha value is -3.87. The molecule has 1 aromatic rings. The van der Waals surface area contributed by atoms with Crippen molar-refractivity contribution in [1.82, 2.24) is 16.0 Å². The van der Waals surface area contributed by atoms with E-state index < -0.39 is 35.8 Å². The maximum absolute atomic E-state index is 13.1. The fourth-order valence-corrected chi connectivity index (χ4v) is 3.17. The molecule has 0 aliphatic carbocycles. The van der Waals surface area contributed by atoms with Crippen LogP contribution in [0.4, 0.5) is 10.5 Å². The van der Waals surface area contributed by atoms with Crippen LogP contribution in [-0.2, 0) is 25.7 Å². The van der Waals surface area contributed by atoms with Gasteiger partial charge in [0, 0.05) is 30.1 Å². The average molecular weight is 521 g/mol. The Kier molecular flexibility index (Phi) is 14.8. The summed E-state index contributed by atoms with van der Waals surface area (Å²) < 4.78 is 5.22. The third-order valence-electron chi connectivity index (χ3n) is 5.14. The Morgan fingerprint density at radius 3 is 2.41 bits per heavy atom. The van der Waals surface area contributed by atoms with Gasteiger partial charge in [0.05, 0.1) is 19.8 Å². The maximum Gasteiger partial charge on any atom is 0.312 e. The minimum Gasteiger partial charge on any atom is -0.392 e. The molecular weight excluding hydrogens is 484 g/mol. The van der Waals surface area contributed by atoms with Gasteiger partial charge in [0.1, 0.15) is 12.1 Å². The summed E-state index contributed by atoms with van der Waals surface area (Å²) in [6.07, 6.45) is 0.556. The molecule has 14 nitrogen and oxygen atoms in total. The molecule has 0 saturated heterocycles. The van der Waals surface area contributed by atoms with Crippen molar-refractivity contribution in [3.8, 4) is 0 Å². The normalized spacial score (nSPS) is 12.1. The lowest BCUT2D eigenvalue weighted by Crippen LogP contribution is -2.54. The summed E-state index contributed by atoms with van der Waals surface area (Å²) in [6.45, 7) is 4.01. The van der Waals surface area contributed by atoms with Gasteiger partial charge < -0.3 is 36.8 Å². The summed E-state index contributed by atoms with van der Waals surface area (Å²) >= 11 is 0. The Balaban J connectivity index is 2.79. The van der Waals surface area contributed by atoms with Crippen LogP contribution in [0.3, 0.4) is 0 Å². The van der Waals surface area contributed by atoms with Gasteiger partial charge in [-0.15, -0.1) is 0 Å². The zero-order chi connectivity index (χ0) is 27.6. The van der Waals surface area contributed by atoms with Gasteiger partial charge in [0.25, 0.3) is 0 Å². The van der Waals surface area contributed by atoms with Crippen molar-refractivity contribution in [1.29, 1.82) is 0 Å². The largest absolute Gasteiger partial charge is 0.392 e. The number of amides is 5. The molecule has 0 aliphatic rings. The number of primary amides is 1. The predicted molar refractivity (Wildman–Crippen MR) is 136 cm³/mol. The number of anilines is 1. The maximum atomic E-state index is 13.1. The number of aliphatic hydroxyl groups excluding tert-OH is 1. The van der Waals surface area contributed by atoms with Crippen molar-refractivity contribution >= 4 is 29.4 Å². The third-order valence-corrected chi connectivity index (χ3v) is 5.14. The molecule has 37 heavy (non-hydrogen) atoms. The van der Waals surface area contributed by atoms with E-state index in [0.29, 0.717) is 17.7 Å². The first-order chi connectivity index (χ1) is 17.7. The number of ether oxygens (including phenoxy) is 1. The molecule has 5 amide bonds. The number of carbonyl (C=O) groups excluding carboxylic acids is 4. The molecule has 0 fully saturated rings. The van der Waals surface area contributed by atoms with Crippen molar-refractivity contribution in [3.63, 3.8) is 0 Å². The van der Waals surface area contributed by atoms with E-state index in [2.05, 4.69) is 31.3 Å². The number of rotatable bonds is 17. The lowest BCUT2D eigenvalue weighted by molar-refractivity contribution is -0.132. The summed E-state index contributed by atoms with van der Waals surface area (Å²) in [4.78, 5) is 51.9. The summed E-state index contributed by atoms with van der Waals surface area (Å²) in [5.41, 5.74) is 14.5. The number of aliphatic hydroxyl groups is 1. The zero-order valence-electron chi connectivity index (χ0n) is 21.1. The number of nitrogens with one attached hydrogen (secondary N) is 4. The molecule has 1 aromatic carbocycles. The van der Waals surface area contributed by atoms with Crippen LogP contribution in [0.15, 0.2) is 29.4 Å². The highest BCUT2D eigenvalue weighted by atomic mass is 16.5. The molecule has 14 heteroatoms. The summed E-state index contributed by atoms with van der Waals surface area (Å²) in [5.74, 6) is -1.70. The molecule has 0 bridgehead atoms. The molecule has 1 rings (SSSR count). The van der Waals surface area contributed by atoms with E-state index in [0.717, 1.165) is 0 Å². The first-order valence-electron chi connectivity index (χ1n) is 11.9. The molecule has 0 saturated carbocycles.